The highest BCUT2D eigenvalue weighted by Gasteiger charge is 2.47. The highest BCUT2D eigenvalue weighted by Crippen LogP contribution is 2.47. The number of nitrogens with zero attached hydrogens (tertiary/aromatic N) is 1. The van der Waals surface area contributed by atoms with Gasteiger partial charge in [0, 0.05) is 34.9 Å². The van der Waals surface area contributed by atoms with Crippen molar-refractivity contribution in [2.45, 2.75) is 17.5 Å². The van der Waals surface area contributed by atoms with Crippen LogP contribution in [0.2, 0.25) is 0 Å². The van der Waals surface area contributed by atoms with Crippen LogP contribution >= 0.6 is 0 Å². The van der Waals surface area contributed by atoms with Gasteiger partial charge < -0.3 is 31.0 Å². The quantitative estimate of drug-likeness (QED) is 0.167. The lowest BCUT2D eigenvalue weighted by Crippen LogP contribution is -2.36. The molecule has 0 radical (unpaired) electrons. The molecular formula is C29H28F6N4O4. The number of rotatable bonds is 10. The van der Waals surface area contributed by atoms with E-state index in [0.717, 1.165) is 18.2 Å². The molecule has 0 spiro atoms. The van der Waals surface area contributed by atoms with Crippen molar-refractivity contribution in [1.29, 1.82) is 0 Å². The first-order chi connectivity index (χ1) is 20.4. The predicted molar refractivity (Wildman–Crippen MR) is 146 cm³/mol. The number of methoxy groups -OCH3 is 2. The number of nitrogens with two attached hydrogens (primary N) is 2. The van der Waals surface area contributed by atoms with E-state index in [0.29, 0.717) is 0 Å². The Labute approximate surface area is 242 Å². The molecule has 1 aromatic heterocycles. The Hall–Kier alpha value is -4.62. The Morgan fingerprint density at radius 3 is 2.42 bits per heavy atom. The minimum atomic E-state index is -4.96. The Bertz CT molecular complexity index is 1520. The van der Waals surface area contributed by atoms with Crippen molar-refractivity contribution in [1.82, 2.24) is 10.3 Å². The summed E-state index contributed by atoms with van der Waals surface area (Å²) in [6.07, 6.45) is -3.65. The predicted octanol–water partition coefficient (Wildman–Crippen LogP) is 5.03. The summed E-state index contributed by atoms with van der Waals surface area (Å²) in [4.78, 5) is 17.2. The van der Waals surface area contributed by atoms with Gasteiger partial charge in [0.2, 0.25) is 0 Å². The number of hydrogen-bond acceptors (Lipinski definition) is 7. The molecule has 5 N–H and O–H groups in total. The smallest absolute Gasteiger partial charge is 0.398 e. The summed E-state index contributed by atoms with van der Waals surface area (Å²) in [5.74, 6) is -4.02. The van der Waals surface area contributed by atoms with E-state index in [-0.39, 0.29) is 51.0 Å². The number of carbonyl (C=O) groups excluding carboxylic acids is 1. The van der Waals surface area contributed by atoms with Gasteiger partial charge in [-0.1, -0.05) is 0 Å². The summed E-state index contributed by atoms with van der Waals surface area (Å²) in [6, 6.07) is 8.12. The zero-order valence-electron chi connectivity index (χ0n) is 23.0. The molecular weight excluding hydrogens is 582 g/mol. The number of amides is 1. The number of nitrogen functional groups attached to an aromatic ring is 1. The second-order valence-electron chi connectivity index (χ2n) is 9.85. The summed E-state index contributed by atoms with van der Waals surface area (Å²) in [6.45, 7) is -3.96. The maximum atomic E-state index is 14.5. The summed E-state index contributed by atoms with van der Waals surface area (Å²) in [5, 5.41) is 2.25. The fourth-order valence-electron chi connectivity index (χ4n) is 4.58. The van der Waals surface area contributed by atoms with Crippen LogP contribution in [-0.2, 0) is 10.2 Å². The Morgan fingerprint density at radius 1 is 1.16 bits per heavy atom. The number of aromatic nitrogens is 1. The molecule has 230 valence electrons. The minimum absolute atomic E-state index is 0.0512. The van der Waals surface area contributed by atoms with Crippen molar-refractivity contribution in [2.75, 3.05) is 46.5 Å². The van der Waals surface area contributed by atoms with Crippen LogP contribution in [0.5, 0.6) is 11.5 Å². The third kappa shape index (κ3) is 6.27. The van der Waals surface area contributed by atoms with Gasteiger partial charge in [0.15, 0.2) is 5.88 Å². The Morgan fingerprint density at radius 2 is 1.84 bits per heavy atom. The molecule has 1 amide bonds. The maximum Gasteiger partial charge on any atom is 0.398 e. The molecule has 0 saturated carbocycles. The second kappa shape index (κ2) is 12.3. The molecule has 1 atom stereocenters. The molecule has 4 rings (SSSR count). The number of hydrogen-bond donors (Lipinski definition) is 3. The van der Waals surface area contributed by atoms with E-state index in [1.807, 2.05) is 0 Å². The van der Waals surface area contributed by atoms with E-state index in [4.69, 9.17) is 25.7 Å². The van der Waals surface area contributed by atoms with Crippen LogP contribution in [-0.4, -0.2) is 57.8 Å². The van der Waals surface area contributed by atoms with Crippen LogP contribution < -0.4 is 26.3 Å². The van der Waals surface area contributed by atoms with Crippen molar-refractivity contribution >= 4 is 17.7 Å². The lowest BCUT2D eigenvalue weighted by atomic mass is 9.83. The molecule has 2 aromatic carbocycles. The molecule has 0 bridgehead atoms. The summed E-state index contributed by atoms with van der Waals surface area (Å²) in [5.41, 5.74) is 9.34. The largest absolute Gasteiger partial charge is 0.495 e. The standard InChI is InChI=1S/C29H28F6N4O4/c1-41-22-8-17(7-16(24(22)37)9-23(36)42-2)27(40)38-11-20(29(33,34)35)21-10-19-26(43-14-28(19,12-30)13-31)25(39-21)15-3-5-18(32)6-4-15/h3-10,20H,11-14,36-37H2,1-2H3,(H,38,40)/b23-9+. The number of nitrogens with one attached hydrogen (secondary N) is 1. The number of ether oxygens (including phenoxy) is 3. The highest BCUT2D eigenvalue weighted by atomic mass is 19.4. The van der Waals surface area contributed by atoms with E-state index >= 15 is 0 Å². The normalized spacial score (nSPS) is 14.9. The van der Waals surface area contributed by atoms with Crippen molar-refractivity contribution in [2.24, 2.45) is 5.73 Å². The van der Waals surface area contributed by atoms with Crippen LogP contribution in [0.25, 0.3) is 17.3 Å². The SMILES string of the molecule is CO/C(N)=C/c1cc(C(=O)NCC(c2cc3c(c(-c4ccc(F)cc4)n2)OCC3(CF)CF)C(F)(F)F)cc(OC)c1N. The first-order valence-electron chi connectivity index (χ1n) is 12.8. The zero-order valence-corrected chi connectivity index (χ0v) is 23.0. The average molecular weight is 611 g/mol. The first kappa shape index (κ1) is 31.3. The second-order valence-corrected chi connectivity index (χ2v) is 9.85. The third-order valence-corrected chi connectivity index (χ3v) is 7.09. The third-order valence-electron chi connectivity index (χ3n) is 7.09. The molecule has 1 unspecified atom stereocenters. The van der Waals surface area contributed by atoms with E-state index in [2.05, 4.69) is 10.3 Å². The van der Waals surface area contributed by atoms with Crippen molar-refractivity contribution in [3.05, 3.63) is 76.5 Å². The van der Waals surface area contributed by atoms with E-state index in [1.165, 1.54) is 44.6 Å². The number of anilines is 1. The van der Waals surface area contributed by atoms with E-state index < -0.39 is 61.4 Å². The fourth-order valence-corrected chi connectivity index (χ4v) is 4.58. The van der Waals surface area contributed by atoms with Crippen LogP contribution in [0.15, 0.2) is 48.3 Å². The maximum absolute atomic E-state index is 14.5. The number of pyridine rings is 1. The zero-order chi connectivity index (χ0) is 31.5. The number of benzene rings is 2. The van der Waals surface area contributed by atoms with Gasteiger partial charge in [-0.25, -0.2) is 18.2 Å². The average Bonchev–Trinajstić information content (AvgIpc) is 3.36. The highest BCUT2D eigenvalue weighted by molar-refractivity contribution is 5.96. The Balaban J connectivity index is 1.75. The minimum Gasteiger partial charge on any atom is -0.495 e. The summed E-state index contributed by atoms with van der Waals surface area (Å²) >= 11 is 0. The van der Waals surface area contributed by atoms with Crippen molar-refractivity contribution in [3.8, 4) is 22.8 Å². The van der Waals surface area contributed by atoms with E-state index in [9.17, 15) is 31.1 Å². The van der Waals surface area contributed by atoms with Gasteiger partial charge in [0.1, 0.15) is 48.9 Å². The number of fused-ring (bicyclic) bond motifs is 1. The van der Waals surface area contributed by atoms with Crippen molar-refractivity contribution in [3.63, 3.8) is 0 Å². The van der Waals surface area contributed by atoms with E-state index in [1.54, 1.807) is 0 Å². The van der Waals surface area contributed by atoms with Crippen LogP contribution in [0.1, 0.15) is 33.1 Å². The van der Waals surface area contributed by atoms with Crippen LogP contribution in [0.3, 0.4) is 0 Å². The van der Waals surface area contributed by atoms with Gasteiger partial charge in [0.05, 0.1) is 31.0 Å². The molecule has 0 fully saturated rings. The van der Waals surface area contributed by atoms with Crippen molar-refractivity contribution < 1.29 is 45.3 Å². The topological polar surface area (TPSA) is 122 Å². The summed E-state index contributed by atoms with van der Waals surface area (Å²) < 4.78 is 101. The molecule has 2 heterocycles. The van der Waals surface area contributed by atoms with Gasteiger partial charge >= 0.3 is 6.18 Å². The monoisotopic (exact) mass is 610 g/mol. The van der Waals surface area contributed by atoms with Gasteiger partial charge in [-0.15, -0.1) is 0 Å². The van der Waals surface area contributed by atoms with Gasteiger partial charge in [-0.3, -0.25) is 4.79 Å². The molecule has 8 nitrogen and oxygen atoms in total. The van der Waals surface area contributed by atoms with Crippen LogP contribution in [0.4, 0.5) is 32.0 Å². The number of carbonyl (C=O) groups is 1. The van der Waals surface area contributed by atoms with Crippen LogP contribution in [0, 0.1) is 5.82 Å². The number of halogens is 6. The number of alkyl halides is 5. The molecule has 0 saturated heterocycles. The first-order valence-corrected chi connectivity index (χ1v) is 12.8. The summed E-state index contributed by atoms with van der Waals surface area (Å²) in [7, 11) is 2.59. The molecule has 1 aliphatic heterocycles. The van der Waals surface area contributed by atoms with Gasteiger partial charge in [-0.05, 0) is 42.5 Å². The molecule has 1 aliphatic rings. The molecule has 3 aromatic rings. The van der Waals surface area contributed by atoms with Gasteiger partial charge in [0.25, 0.3) is 5.91 Å². The lowest BCUT2D eigenvalue weighted by Gasteiger charge is -2.24. The fraction of sp³-hybridized carbons (Fsp3) is 0.310. The lowest BCUT2D eigenvalue weighted by molar-refractivity contribution is -0.149. The molecule has 14 heteroatoms. The Kier molecular flexibility index (Phi) is 8.97. The molecule has 0 aliphatic carbocycles. The van der Waals surface area contributed by atoms with Gasteiger partial charge in [-0.2, -0.15) is 13.2 Å². The molecule has 43 heavy (non-hydrogen) atoms.